The van der Waals surface area contributed by atoms with Crippen LogP contribution in [0.25, 0.3) is 28.2 Å². The van der Waals surface area contributed by atoms with Crippen LogP contribution in [-0.4, -0.2) is 83.7 Å². The average Bonchev–Trinajstić information content (AvgIpc) is 3.73. The minimum atomic E-state index is -1.20. The summed E-state index contributed by atoms with van der Waals surface area (Å²) in [4.78, 5) is 26.2. The van der Waals surface area contributed by atoms with E-state index in [0.717, 1.165) is 17.5 Å². The zero-order valence-electron chi connectivity index (χ0n) is 22.2. The highest BCUT2D eigenvalue weighted by atomic mass is 16.8. The number of ether oxygens (including phenoxy) is 4. The van der Waals surface area contributed by atoms with Gasteiger partial charge in [0.1, 0.15) is 12.2 Å². The number of carboxylic acid groups (broad SMARTS) is 1. The van der Waals surface area contributed by atoms with Gasteiger partial charge in [-0.3, -0.25) is 4.57 Å². The van der Waals surface area contributed by atoms with Crippen molar-refractivity contribution in [3.05, 3.63) is 48.5 Å². The first-order valence-electron chi connectivity index (χ1n) is 13.2. The summed E-state index contributed by atoms with van der Waals surface area (Å²) in [5.74, 6) is -1.24. The number of hydrogen-bond donors (Lipinski definition) is 2. The molecule has 0 aliphatic carbocycles. The standard InChI is InChI=1S/C27H29N7O6/c1-14-4-6-15(7-5-14)16-10-29-34(11-16)26-31-22(30-17-8-9-37-12-17)18-23(32-26)33(13-28-18)24-20-19(21(38-24)25(35)36)39-27(2,3)40-20/h4-7,10-11,13,17,19-21,24H,8-9,12H2,1-3H3,(H,35,36)(H,30,31,32)/t17?,19-,20+,21-,24+/m0/s1. The molecular formula is C27H29N7O6. The van der Waals surface area contributed by atoms with E-state index in [1.165, 1.54) is 5.56 Å². The lowest BCUT2D eigenvalue weighted by Gasteiger charge is -2.23. The van der Waals surface area contributed by atoms with Crippen LogP contribution in [0.5, 0.6) is 0 Å². The van der Waals surface area contributed by atoms with E-state index in [-0.39, 0.29) is 6.04 Å². The van der Waals surface area contributed by atoms with E-state index in [1.54, 1.807) is 35.6 Å². The molecule has 1 unspecified atom stereocenters. The van der Waals surface area contributed by atoms with Crippen LogP contribution < -0.4 is 5.32 Å². The Morgan fingerprint density at radius 1 is 1.12 bits per heavy atom. The van der Waals surface area contributed by atoms with Gasteiger partial charge in [-0.1, -0.05) is 29.8 Å². The maximum atomic E-state index is 12.0. The summed E-state index contributed by atoms with van der Waals surface area (Å²) in [6, 6.07) is 8.25. The normalized spacial score (nSPS) is 27.3. The summed E-state index contributed by atoms with van der Waals surface area (Å²) in [5.41, 5.74) is 4.07. The smallest absolute Gasteiger partial charge is 0.335 e. The molecule has 13 nitrogen and oxygen atoms in total. The zero-order chi connectivity index (χ0) is 27.6. The second kappa shape index (κ2) is 9.34. The van der Waals surface area contributed by atoms with Crippen LogP contribution in [0.4, 0.5) is 5.82 Å². The first kappa shape index (κ1) is 25.1. The minimum Gasteiger partial charge on any atom is -0.479 e. The number of imidazole rings is 1. The van der Waals surface area contributed by atoms with Crippen molar-refractivity contribution < 1.29 is 28.8 Å². The number of fused-ring (bicyclic) bond motifs is 2. The lowest BCUT2D eigenvalue weighted by molar-refractivity contribution is -0.202. The maximum absolute atomic E-state index is 12.0. The zero-order valence-corrected chi connectivity index (χ0v) is 22.2. The fourth-order valence-electron chi connectivity index (χ4n) is 5.46. The monoisotopic (exact) mass is 547 g/mol. The van der Waals surface area contributed by atoms with Crippen LogP contribution in [0.2, 0.25) is 0 Å². The summed E-state index contributed by atoms with van der Waals surface area (Å²) in [7, 11) is 0. The van der Waals surface area contributed by atoms with Crippen LogP contribution in [0, 0.1) is 6.92 Å². The van der Waals surface area contributed by atoms with Gasteiger partial charge in [0.05, 0.1) is 25.2 Å². The van der Waals surface area contributed by atoms with Crippen LogP contribution in [0.1, 0.15) is 32.1 Å². The average molecular weight is 548 g/mol. The van der Waals surface area contributed by atoms with Crippen LogP contribution in [0.15, 0.2) is 43.0 Å². The van der Waals surface area contributed by atoms with E-state index in [1.807, 2.05) is 25.3 Å². The fraction of sp³-hybridized carbons (Fsp3) is 0.444. The molecule has 2 N–H and O–H groups in total. The van der Waals surface area contributed by atoms with Gasteiger partial charge in [0.2, 0.25) is 0 Å². The topological polar surface area (TPSA) is 148 Å². The van der Waals surface area contributed by atoms with E-state index in [2.05, 4.69) is 27.5 Å². The summed E-state index contributed by atoms with van der Waals surface area (Å²) >= 11 is 0. The molecule has 7 rings (SSSR count). The molecule has 40 heavy (non-hydrogen) atoms. The number of aliphatic carboxylic acids is 1. The number of aryl methyl sites for hydroxylation is 1. The minimum absolute atomic E-state index is 0.0627. The predicted molar refractivity (Wildman–Crippen MR) is 141 cm³/mol. The van der Waals surface area contributed by atoms with Crippen molar-refractivity contribution in [3.63, 3.8) is 0 Å². The predicted octanol–water partition coefficient (Wildman–Crippen LogP) is 2.69. The molecule has 4 aromatic rings. The van der Waals surface area contributed by atoms with Gasteiger partial charge >= 0.3 is 5.97 Å². The van der Waals surface area contributed by atoms with Crippen LogP contribution in [0.3, 0.4) is 0 Å². The van der Waals surface area contributed by atoms with Gasteiger partial charge in [-0.2, -0.15) is 15.1 Å². The van der Waals surface area contributed by atoms with Gasteiger partial charge in [-0.25, -0.2) is 14.5 Å². The second-order valence-corrected chi connectivity index (χ2v) is 10.8. The van der Waals surface area contributed by atoms with E-state index < -0.39 is 36.3 Å². The molecule has 0 radical (unpaired) electrons. The molecule has 3 aliphatic heterocycles. The molecule has 0 bridgehead atoms. The maximum Gasteiger partial charge on any atom is 0.335 e. The molecule has 0 spiro atoms. The molecule has 5 atom stereocenters. The Labute approximate surface area is 229 Å². The van der Waals surface area contributed by atoms with E-state index in [0.29, 0.717) is 36.1 Å². The van der Waals surface area contributed by atoms with E-state index in [4.69, 9.17) is 28.9 Å². The van der Waals surface area contributed by atoms with Gasteiger partial charge in [-0.15, -0.1) is 0 Å². The van der Waals surface area contributed by atoms with Crippen molar-refractivity contribution in [3.8, 4) is 17.1 Å². The van der Waals surface area contributed by atoms with Crippen LogP contribution in [-0.2, 0) is 23.7 Å². The van der Waals surface area contributed by atoms with Gasteiger partial charge in [0.25, 0.3) is 5.95 Å². The van der Waals surface area contributed by atoms with Crippen molar-refractivity contribution >= 4 is 23.0 Å². The van der Waals surface area contributed by atoms with Crippen LogP contribution >= 0.6 is 0 Å². The van der Waals surface area contributed by atoms with Gasteiger partial charge in [-0.05, 0) is 32.8 Å². The lowest BCUT2D eigenvalue weighted by Crippen LogP contribution is -2.35. The molecule has 3 saturated heterocycles. The lowest BCUT2D eigenvalue weighted by atomic mass is 10.1. The summed E-state index contributed by atoms with van der Waals surface area (Å²) < 4.78 is 26.8. The Hall–Kier alpha value is -3.91. The molecule has 3 aromatic heterocycles. The highest BCUT2D eigenvalue weighted by Crippen LogP contribution is 2.44. The van der Waals surface area contributed by atoms with E-state index >= 15 is 0 Å². The molecule has 3 fully saturated rings. The third-order valence-corrected chi connectivity index (χ3v) is 7.40. The number of aromatic nitrogens is 6. The summed E-state index contributed by atoms with van der Waals surface area (Å²) in [5, 5.41) is 17.8. The third-order valence-electron chi connectivity index (χ3n) is 7.40. The third kappa shape index (κ3) is 4.31. The molecule has 1 aromatic carbocycles. The van der Waals surface area contributed by atoms with Crippen molar-refractivity contribution in [1.82, 2.24) is 29.3 Å². The van der Waals surface area contributed by atoms with Crippen molar-refractivity contribution in [2.24, 2.45) is 0 Å². The van der Waals surface area contributed by atoms with Gasteiger partial charge in [0.15, 0.2) is 35.1 Å². The number of benzene rings is 1. The molecule has 3 aliphatic rings. The molecule has 208 valence electrons. The number of rotatable bonds is 6. The Kier molecular flexibility index (Phi) is 5.85. The van der Waals surface area contributed by atoms with Gasteiger partial charge in [0, 0.05) is 18.4 Å². The Morgan fingerprint density at radius 3 is 2.67 bits per heavy atom. The van der Waals surface area contributed by atoms with E-state index in [9.17, 15) is 9.90 Å². The van der Waals surface area contributed by atoms with Crippen molar-refractivity contribution in [2.75, 3.05) is 18.5 Å². The Morgan fingerprint density at radius 2 is 1.93 bits per heavy atom. The number of carbonyl (C=O) groups is 1. The number of nitrogens with one attached hydrogen (secondary N) is 1. The molecular weight excluding hydrogens is 518 g/mol. The molecule has 0 saturated carbocycles. The largest absolute Gasteiger partial charge is 0.479 e. The van der Waals surface area contributed by atoms with Gasteiger partial charge < -0.3 is 29.4 Å². The number of carboxylic acids is 1. The first-order chi connectivity index (χ1) is 19.3. The Balaban J connectivity index is 1.32. The highest BCUT2D eigenvalue weighted by Gasteiger charge is 2.58. The quantitative estimate of drug-likeness (QED) is 0.367. The number of nitrogens with zero attached hydrogens (tertiary/aromatic N) is 6. The van der Waals surface area contributed by atoms with Crippen molar-refractivity contribution in [2.45, 2.75) is 63.6 Å². The number of anilines is 1. The highest BCUT2D eigenvalue weighted by molar-refractivity contribution is 5.84. The number of hydrogen-bond acceptors (Lipinski definition) is 10. The molecule has 0 amide bonds. The first-order valence-corrected chi connectivity index (χ1v) is 13.2. The van der Waals surface area contributed by atoms with Crippen molar-refractivity contribution in [1.29, 1.82) is 0 Å². The summed E-state index contributed by atoms with van der Waals surface area (Å²) in [6.45, 7) is 6.76. The molecule has 13 heteroatoms. The summed E-state index contributed by atoms with van der Waals surface area (Å²) in [6.07, 6.45) is 2.54. The molecule has 6 heterocycles. The fourth-order valence-corrected chi connectivity index (χ4v) is 5.46. The SMILES string of the molecule is Cc1ccc(-c2cnn(-c3nc(NC4CCOC4)c4ncn([C@@H]5O[C@H](C(=O)O)[C@H]6OC(C)(C)O[C@H]65)c4n3)c2)cc1. The second-order valence-electron chi connectivity index (χ2n) is 10.8. The Bertz CT molecular complexity index is 1580.